The summed E-state index contributed by atoms with van der Waals surface area (Å²) in [5, 5.41) is 10.9. The van der Waals surface area contributed by atoms with Crippen LogP contribution in [0.1, 0.15) is 10.5 Å². The summed E-state index contributed by atoms with van der Waals surface area (Å²) >= 11 is 0. The van der Waals surface area contributed by atoms with Crippen LogP contribution in [-0.4, -0.2) is 23.2 Å². The van der Waals surface area contributed by atoms with E-state index in [9.17, 15) is 4.79 Å². The molecule has 5 heteroatoms. The standard InChI is InChI=1S/C18H15N3O2/c1-23-17-10-6-5-9-15(17)19-18(22)16-12-11-14(20-21-16)13-7-3-2-4-8-13/h2-12H,1H3,(H,19,22). The lowest BCUT2D eigenvalue weighted by Gasteiger charge is -2.09. The topological polar surface area (TPSA) is 64.1 Å². The van der Waals surface area contributed by atoms with Crippen molar-refractivity contribution in [1.29, 1.82) is 0 Å². The number of amides is 1. The van der Waals surface area contributed by atoms with Crippen molar-refractivity contribution in [3.8, 4) is 17.0 Å². The third-order valence-electron chi connectivity index (χ3n) is 3.32. The fourth-order valence-corrected chi connectivity index (χ4v) is 2.15. The summed E-state index contributed by atoms with van der Waals surface area (Å²) in [4.78, 5) is 12.3. The Hall–Kier alpha value is -3.21. The molecule has 0 radical (unpaired) electrons. The lowest BCUT2D eigenvalue weighted by Crippen LogP contribution is -2.15. The van der Waals surface area contributed by atoms with Crippen LogP contribution in [0.15, 0.2) is 66.7 Å². The van der Waals surface area contributed by atoms with E-state index in [1.165, 1.54) is 0 Å². The van der Waals surface area contributed by atoms with E-state index in [-0.39, 0.29) is 11.6 Å². The lowest BCUT2D eigenvalue weighted by atomic mass is 10.1. The van der Waals surface area contributed by atoms with Gasteiger partial charge in [-0.05, 0) is 24.3 Å². The molecule has 0 aliphatic heterocycles. The quantitative estimate of drug-likeness (QED) is 0.802. The van der Waals surface area contributed by atoms with Gasteiger partial charge in [0.25, 0.3) is 5.91 Å². The zero-order valence-corrected chi connectivity index (χ0v) is 12.6. The summed E-state index contributed by atoms with van der Waals surface area (Å²) in [6.45, 7) is 0. The van der Waals surface area contributed by atoms with E-state index in [2.05, 4.69) is 15.5 Å². The van der Waals surface area contributed by atoms with E-state index < -0.39 is 0 Å². The molecule has 0 saturated carbocycles. The smallest absolute Gasteiger partial charge is 0.276 e. The molecule has 0 aliphatic rings. The number of anilines is 1. The van der Waals surface area contributed by atoms with Crippen molar-refractivity contribution in [1.82, 2.24) is 10.2 Å². The monoisotopic (exact) mass is 305 g/mol. The molecule has 5 nitrogen and oxygen atoms in total. The first-order valence-corrected chi connectivity index (χ1v) is 7.11. The van der Waals surface area contributed by atoms with Crippen LogP contribution in [-0.2, 0) is 0 Å². The molecule has 3 aromatic rings. The van der Waals surface area contributed by atoms with E-state index in [0.717, 1.165) is 11.3 Å². The minimum Gasteiger partial charge on any atom is -0.495 e. The summed E-state index contributed by atoms with van der Waals surface area (Å²) in [5.74, 6) is 0.260. The Balaban J connectivity index is 1.78. The second kappa shape index (κ2) is 6.70. The number of para-hydroxylation sites is 2. The minimum absolute atomic E-state index is 0.246. The molecule has 0 spiro atoms. The summed E-state index contributed by atoms with van der Waals surface area (Å²) in [7, 11) is 1.56. The number of methoxy groups -OCH3 is 1. The number of ether oxygens (including phenoxy) is 1. The summed E-state index contributed by atoms with van der Waals surface area (Å²) < 4.78 is 5.21. The first kappa shape index (κ1) is 14.7. The van der Waals surface area contributed by atoms with Crippen LogP contribution in [0.3, 0.4) is 0 Å². The Morgan fingerprint density at radius 2 is 1.65 bits per heavy atom. The van der Waals surface area contributed by atoms with Gasteiger partial charge in [-0.1, -0.05) is 42.5 Å². The number of hydrogen-bond acceptors (Lipinski definition) is 4. The van der Waals surface area contributed by atoms with Gasteiger partial charge in [-0.25, -0.2) is 0 Å². The molecule has 23 heavy (non-hydrogen) atoms. The Bertz CT molecular complexity index is 802. The Morgan fingerprint density at radius 3 is 2.35 bits per heavy atom. The maximum Gasteiger partial charge on any atom is 0.276 e. The number of nitrogens with zero attached hydrogens (tertiary/aromatic N) is 2. The van der Waals surface area contributed by atoms with E-state index in [1.807, 2.05) is 42.5 Å². The van der Waals surface area contributed by atoms with Crippen molar-refractivity contribution >= 4 is 11.6 Å². The molecule has 2 aromatic carbocycles. The molecule has 3 rings (SSSR count). The van der Waals surface area contributed by atoms with Gasteiger partial charge in [-0.3, -0.25) is 4.79 Å². The fourth-order valence-electron chi connectivity index (χ4n) is 2.15. The third-order valence-corrected chi connectivity index (χ3v) is 3.32. The Morgan fingerprint density at radius 1 is 0.913 bits per heavy atom. The summed E-state index contributed by atoms with van der Waals surface area (Å²) in [6, 6.07) is 20.3. The predicted molar refractivity (Wildman–Crippen MR) is 88.4 cm³/mol. The van der Waals surface area contributed by atoms with Gasteiger partial charge in [0.05, 0.1) is 18.5 Å². The number of rotatable bonds is 4. The molecule has 1 aromatic heterocycles. The Kier molecular flexibility index (Phi) is 4.29. The molecule has 0 aliphatic carbocycles. The highest BCUT2D eigenvalue weighted by Gasteiger charge is 2.11. The van der Waals surface area contributed by atoms with Crippen LogP contribution < -0.4 is 10.1 Å². The summed E-state index contributed by atoms with van der Waals surface area (Å²) in [6.07, 6.45) is 0. The van der Waals surface area contributed by atoms with Crippen LogP contribution in [0.25, 0.3) is 11.3 Å². The second-order valence-electron chi connectivity index (χ2n) is 4.82. The van der Waals surface area contributed by atoms with E-state index in [0.29, 0.717) is 11.4 Å². The zero-order chi connectivity index (χ0) is 16.1. The number of aromatic nitrogens is 2. The van der Waals surface area contributed by atoms with E-state index >= 15 is 0 Å². The van der Waals surface area contributed by atoms with Crippen molar-refractivity contribution in [2.75, 3.05) is 12.4 Å². The van der Waals surface area contributed by atoms with Crippen LogP contribution in [0, 0.1) is 0 Å². The highest BCUT2D eigenvalue weighted by molar-refractivity contribution is 6.03. The minimum atomic E-state index is -0.332. The fraction of sp³-hybridized carbons (Fsp3) is 0.0556. The number of carbonyl (C=O) groups excluding carboxylic acids is 1. The van der Waals surface area contributed by atoms with Gasteiger partial charge in [0.15, 0.2) is 5.69 Å². The number of benzene rings is 2. The lowest BCUT2D eigenvalue weighted by molar-refractivity contribution is 0.102. The van der Waals surface area contributed by atoms with Gasteiger partial charge in [0.2, 0.25) is 0 Å². The van der Waals surface area contributed by atoms with Gasteiger partial charge >= 0.3 is 0 Å². The number of carbonyl (C=O) groups is 1. The maximum atomic E-state index is 12.3. The van der Waals surface area contributed by atoms with Crippen molar-refractivity contribution in [3.63, 3.8) is 0 Å². The molecule has 114 valence electrons. The highest BCUT2D eigenvalue weighted by atomic mass is 16.5. The predicted octanol–water partition coefficient (Wildman–Crippen LogP) is 3.40. The van der Waals surface area contributed by atoms with Gasteiger partial charge in [0, 0.05) is 5.56 Å². The van der Waals surface area contributed by atoms with Gasteiger partial charge in [-0.2, -0.15) is 0 Å². The number of nitrogens with one attached hydrogen (secondary N) is 1. The highest BCUT2D eigenvalue weighted by Crippen LogP contribution is 2.23. The molecule has 0 unspecified atom stereocenters. The van der Waals surface area contributed by atoms with E-state index in [1.54, 1.807) is 31.4 Å². The molecule has 0 fully saturated rings. The van der Waals surface area contributed by atoms with Gasteiger partial charge in [-0.15, -0.1) is 10.2 Å². The van der Waals surface area contributed by atoms with Crippen LogP contribution in [0.4, 0.5) is 5.69 Å². The van der Waals surface area contributed by atoms with Gasteiger partial charge < -0.3 is 10.1 Å². The van der Waals surface area contributed by atoms with Crippen molar-refractivity contribution in [2.45, 2.75) is 0 Å². The second-order valence-corrected chi connectivity index (χ2v) is 4.82. The van der Waals surface area contributed by atoms with E-state index in [4.69, 9.17) is 4.74 Å². The molecular formula is C18H15N3O2. The SMILES string of the molecule is COc1ccccc1NC(=O)c1ccc(-c2ccccc2)nn1. The van der Waals surface area contributed by atoms with Crippen LogP contribution in [0.2, 0.25) is 0 Å². The molecule has 1 heterocycles. The first-order valence-electron chi connectivity index (χ1n) is 7.11. The maximum absolute atomic E-state index is 12.3. The van der Waals surface area contributed by atoms with Crippen molar-refractivity contribution in [2.24, 2.45) is 0 Å². The van der Waals surface area contributed by atoms with Crippen LogP contribution >= 0.6 is 0 Å². The average Bonchev–Trinajstić information content (AvgIpc) is 2.63. The van der Waals surface area contributed by atoms with Crippen LogP contribution in [0.5, 0.6) is 5.75 Å². The zero-order valence-electron chi connectivity index (χ0n) is 12.6. The molecular weight excluding hydrogens is 290 g/mol. The molecule has 0 atom stereocenters. The number of hydrogen-bond donors (Lipinski definition) is 1. The Labute approximate surface area is 134 Å². The molecule has 1 N–H and O–H groups in total. The summed E-state index contributed by atoms with van der Waals surface area (Å²) in [5.41, 5.74) is 2.51. The van der Waals surface area contributed by atoms with Crippen molar-refractivity contribution in [3.05, 3.63) is 72.4 Å². The van der Waals surface area contributed by atoms with Gasteiger partial charge in [0.1, 0.15) is 5.75 Å². The largest absolute Gasteiger partial charge is 0.495 e. The first-order chi connectivity index (χ1) is 11.3. The molecule has 0 bridgehead atoms. The molecule has 0 saturated heterocycles. The average molecular weight is 305 g/mol. The van der Waals surface area contributed by atoms with Crippen molar-refractivity contribution < 1.29 is 9.53 Å². The third kappa shape index (κ3) is 3.35. The normalized spacial score (nSPS) is 10.1. The molecule has 1 amide bonds.